The van der Waals surface area contributed by atoms with Gasteiger partial charge in [-0.15, -0.1) is 11.8 Å². The van der Waals surface area contributed by atoms with E-state index in [-0.39, 0.29) is 23.1 Å². The molecule has 0 bridgehead atoms. The van der Waals surface area contributed by atoms with Crippen molar-refractivity contribution in [2.45, 2.75) is 18.4 Å². The van der Waals surface area contributed by atoms with Crippen molar-refractivity contribution >= 4 is 44.4 Å². The molecule has 0 unspecified atom stereocenters. The molecule has 0 N–H and O–H groups in total. The molecule has 8 heteroatoms. The van der Waals surface area contributed by atoms with E-state index in [1.54, 1.807) is 42.2 Å². The molecule has 0 saturated carbocycles. The fourth-order valence-electron chi connectivity index (χ4n) is 2.96. The molecule has 152 valence electrons. The lowest BCUT2D eigenvalue weighted by atomic mass is 10.2. The molecule has 0 aliphatic heterocycles. The molecule has 0 spiro atoms. The summed E-state index contributed by atoms with van der Waals surface area (Å²) in [6, 6.07) is 14.8. The molecule has 4 rings (SSSR count). The van der Waals surface area contributed by atoms with Crippen molar-refractivity contribution in [2.24, 2.45) is 0 Å². The van der Waals surface area contributed by atoms with Gasteiger partial charge in [-0.3, -0.25) is 14.7 Å². The van der Waals surface area contributed by atoms with Gasteiger partial charge in [0.1, 0.15) is 11.3 Å². The first-order chi connectivity index (χ1) is 14.5. The van der Waals surface area contributed by atoms with Gasteiger partial charge in [0.2, 0.25) is 0 Å². The van der Waals surface area contributed by atoms with E-state index >= 15 is 0 Å². The van der Waals surface area contributed by atoms with Crippen molar-refractivity contribution in [1.29, 1.82) is 0 Å². The van der Waals surface area contributed by atoms with Gasteiger partial charge in [0.05, 0.1) is 16.9 Å². The molecular weight excluding hydrogens is 424 g/mol. The van der Waals surface area contributed by atoms with Crippen LogP contribution in [0, 0.1) is 11.6 Å². The first kappa shape index (κ1) is 20.4. The van der Waals surface area contributed by atoms with Crippen LogP contribution in [0.25, 0.3) is 10.2 Å². The van der Waals surface area contributed by atoms with Crippen LogP contribution in [0.3, 0.4) is 0 Å². The van der Waals surface area contributed by atoms with Crippen molar-refractivity contribution < 1.29 is 13.6 Å². The number of pyridine rings is 1. The topological polar surface area (TPSA) is 46.1 Å². The smallest absolute Gasteiger partial charge is 0.260 e. The highest BCUT2D eigenvalue weighted by Gasteiger charge is 2.23. The summed E-state index contributed by atoms with van der Waals surface area (Å²) >= 11 is 2.76. The molecule has 4 nitrogen and oxygen atoms in total. The van der Waals surface area contributed by atoms with Crippen LogP contribution < -0.4 is 4.90 Å². The number of carbonyl (C=O) groups is 1. The van der Waals surface area contributed by atoms with Gasteiger partial charge in [0.15, 0.2) is 10.9 Å². The number of rotatable bonds is 6. The van der Waals surface area contributed by atoms with Crippen molar-refractivity contribution in [3.05, 3.63) is 83.7 Å². The van der Waals surface area contributed by atoms with Gasteiger partial charge < -0.3 is 0 Å². The summed E-state index contributed by atoms with van der Waals surface area (Å²) in [5.41, 5.74) is 1.19. The lowest BCUT2D eigenvalue weighted by Gasteiger charge is -2.19. The first-order valence-electron chi connectivity index (χ1n) is 9.25. The molecule has 4 aromatic rings. The number of halogens is 2. The van der Waals surface area contributed by atoms with Gasteiger partial charge in [-0.2, -0.15) is 0 Å². The molecule has 0 aliphatic rings. The zero-order valence-electron chi connectivity index (χ0n) is 16.0. The van der Waals surface area contributed by atoms with Gasteiger partial charge >= 0.3 is 0 Å². The summed E-state index contributed by atoms with van der Waals surface area (Å²) in [5.74, 6) is -0.776. The van der Waals surface area contributed by atoms with E-state index in [2.05, 4.69) is 16.9 Å². The number of fused-ring (bicyclic) bond motifs is 1. The minimum Gasteiger partial charge on any atom is -0.278 e. The Balaban J connectivity index is 1.74. The van der Waals surface area contributed by atoms with E-state index in [9.17, 15) is 13.6 Å². The van der Waals surface area contributed by atoms with E-state index in [1.807, 2.05) is 18.2 Å². The summed E-state index contributed by atoms with van der Waals surface area (Å²) in [6.45, 7) is 2.22. The quantitative estimate of drug-likeness (QED) is 0.348. The second-order valence-corrected chi connectivity index (χ2v) is 8.75. The van der Waals surface area contributed by atoms with Crippen molar-refractivity contribution in [2.75, 3.05) is 10.7 Å². The van der Waals surface area contributed by atoms with Gasteiger partial charge in [0.25, 0.3) is 5.91 Å². The van der Waals surface area contributed by atoms with Gasteiger partial charge in [-0.25, -0.2) is 13.8 Å². The Kier molecular flexibility index (Phi) is 6.06. The largest absolute Gasteiger partial charge is 0.278 e. The van der Waals surface area contributed by atoms with Gasteiger partial charge in [-0.1, -0.05) is 24.3 Å². The summed E-state index contributed by atoms with van der Waals surface area (Å²) in [6.07, 6.45) is 1.64. The summed E-state index contributed by atoms with van der Waals surface area (Å²) in [5, 5.41) is 0.289. The summed E-state index contributed by atoms with van der Waals surface area (Å²) < 4.78 is 28.1. The van der Waals surface area contributed by atoms with Crippen LogP contribution >= 0.6 is 23.1 Å². The predicted octanol–water partition coefficient (Wildman–Crippen LogP) is 5.93. The minimum atomic E-state index is -0.751. The third-order valence-corrected chi connectivity index (χ3v) is 6.26. The van der Waals surface area contributed by atoms with Crippen molar-refractivity contribution in [1.82, 2.24) is 9.97 Å². The Bertz CT molecular complexity index is 1180. The lowest BCUT2D eigenvalue weighted by Crippen LogP contribution is -2.30. The molecule has 2 heterocycles. The third kappa shape index (κ3) is 4.34. The molecule has 2 aromatic carbocycles. The van der Waals surface area contributed by atoms with Crippen LogP contribution in [0.15, 0.2) is 65.7 Å². The molecule has 30 heavy (non-hydrogen) atoms. The van der Waals surface area contributed by atoms with Gasteiger partial charge in [0, 0.05) is 22.7 Å². The van der Waals surface area contributed by atoms with Crippen LogP contribution in [0.1, 0.15) is 23.0 Å². The van der Waals surface area contributed by atoms with E-state index in [0.717, 1.165) is 28.1 Å². The van der Waals surface area contributed by atoms with Crippen molar-refractivity contribution in [3.63, 3.8) is 0 Å². The van der Waals surface area contributed by atoms with E-state index in [0.29, 0.717) is 16.0 Å². The van der Waals surface area contributed by atoms with Crippen LogP contribution in [0.4, 0.5) is 13.9 Å². The predicted molar refractivity (Wildman–Crippen MR) is 117 cm³/mol. The molecule has 0 atom stereocenters. The second kappa shape index (κ2) is 8.89. The van der Waals surface area contributed by atoms with E-state index in [1.165, 1.54) is 11.0 Å². The van der Waals surface area contributed by atoms with E-state index in [4.69, 9.17) is 0 Å². The number of carbonyl (C=O) groups excluding carboxylic acids is 1. The Labute approximate surface area is 180 Å². The number of anilines is 1. The first-order valence-corrected chi connectivity index (χ1v) is 11.1. The second-order valence-electron chi connectivity index (χ2n) is 6.40. The normalized spacial score (nSPS) is 11.0. The number of hydrogen-bond acceptors (Lipinski definition) is 5. The highest BCUT2D eigenvalue weighted by Crippen LogP contribution is 2.33. The average Bonchev–Trinajstić information content (AvgIpc) is 3.17. The van der Waals surface area contributed by atoms with E-state index < -0.39 is 11.6 Å². The number of hydrogen-bond donors (Lipinski definition) is 0. The third-order valence-electron chi connectivity index (χ3n) is 4.34. The Hall–Kier alpha value is -2.84. The molecule has 0 radical (unpaired) electrons. The number of thioether (sulfide) groups is 1. The molecule has 0 aliphatic carbocycles. The Morgan fingerprint density at radius 1 is 1.13 bits per heavy atom. The van der Waals surface area contributed by atoms with Crippen LogP contribution in [0.2, 0.25) is 0 Å². The van der Waals surface area contributed by atoms with Crippen LogP contribution in [0.5, 0.6) is 0 Å². The average molecular weight is 442 g/mol. The summed E-state index contributed by atoms with van der Waals surface area (Å²) in [7, 11) is 0. The molecule has 2 aromatic heterocycles. The molecular formula is C22H17F2N3OS2. The van der Waals surface area contributed by atoms with Gasteiger partial charge in [-0.05, 0) is 48.2 Å². The number of thiazole rings is 1. The highest BCUT2D eigenvalue weighted by molar-refractivity contribution is 7.99. The zero-order valence-corrected chi connectivity index (χ0v) is 17.6. The lowest BCUT2D eigenvalue weighted by molar-refractivity contribution is 0.0984. The standard InChI is InChI=1S/C22H17F2N3OS2/c1-2-29-17-8-6-14(7-9-17)21(28)27(13-16-5-3-4-10-25-16)22-26-20-18(24)11-15(23)12-19(20)30-22/h3-12H,2,13H2,1H3. The SMILES string of the molecule is CCSc1ccc(C(=O)N(Cc2ccccn2)c2nc3c(F)cc(F)cc3s2)cc1. The maximum Gasteiger partial charge on any atom is 0.260 e. The molecule has 0 fully saturated rings. The maximum absolute atomic E-state index is 14.2. The fourth-order valence-corrected chi connectivity index (χ4v) is 4.62. The minimum absolute atomic E-state index is 0.0462. The Morgan fingerprint density at radius 2 is 1.93 bits per heavy atom. The molecule has 1 amide bonds. The monoisotopic (exact) mass is 441 g/mol. The maximum atomic E-state index is 14.2. The number of amides is 1. The number of benzene rings is 2. The van der Waals surface area contributed by atoms with Crippen LogP contribution in [-0.2, 0) is 6.54 Å². The molecule has 0 saturated heterocycles. The summed E-state index contributed by atoms with van der Waals surface area (Å²) in [4.78, 5) is 24.4. The number of aromatic nitrogens is 2. The van der Waals surface area contributed by atoms with Crippen LogP contribution in [-0.4, -0.2) is 21.6 Å². The fraction of sp³-hybridized carbons (Fsp3) is 0.136. The number of nitrogens with zero attached hydrogens (tertiary/aromatic N) is 3. The van der Waals surface area contributed by atoms with Crippen molar-refractivity contribution in [3.8, 4) is 0 Å². The Morgan fingerprint density at radius 3 is 2.63 bits per heavy atom. The zero-order chi connectivity index (χ0) is 21.1. The highest BCUT2D eigenvalue weighted by atomic mass is 32.2.